The highest BCUT2D eigenvalue weighted by Crippen LogP contribution is 2.19. The molecule has 0 aliphatic carbocycles. The van der Waals surface area contributed by atoms with Crippen LogP contribution < -0.4 is 0 Å². The van der Waals surface area contributed by atoms with E-state index in [4.69, 9.17) is 4.74 Å². The molecule has 0 spiro atoms. The molecule has 0 aliphatic rings. The van der Waals surface area contributed by atoms with E-state index in [1.807, 2.05) is 0 Å². The third-order valence-corrected chi connectivity index (χ3v) is 2.46. The molecule has 1 rings (SSSR count). The highest BCUT2D eigenvalue weighted by atomic mass is 16.5. The maximum absolute atomic E-state index is 11.7. The Kier molecular flexibility index (Phi) is 3.77. The summed E-state index contributed by atoms with van der Waals surface area (Å²) in [6.07, 6.45) is 0.722. The minimum Gasteiger partial charge on any atom is -0.462 e. The summed E-state index contributed by atoms with van der Waals surface area (Å²) >= 11 is 0. The Morgan fingerprint density at radius 3 is 2.44 bits per heavy atom. The summed E-state index contributed by atoms with van der Waals surface area (Å²) in [6.45, 7) is 7.27. The molecular formula is C12H15NO3. The molecule has 4 nitrogen and oxygen atoms in total. The van der Waals surface area contributed by atoms with E-state index in [-0.39, 0.29) is 0 Å². The Balaban J connectivity index is 3.39. The zero-order chi connectivity index (χ0) is 12.3. The molecule has 0 aliphatic heterocycles. The van der Waals surface area contributed by atoms with E-state index in [9.17, 15) is 9.59 Å². The van der Waals surface area contributed by atoms with Crippen LogP contribution in [0.1, 0.15) is 44.6 Å². The summed E-state index contributed by atoms with van der Waals surface area (Å²) < 4.78 is 4.93. The number of aldehydes is 1. The summed E-state index contributed by atoms with van der Waals surface area (Å²) in [5, 5.41) is 0. The summed E-state index contributed by atoms with van der Waals surface area (Å²) in [5.74, 6) is -0.423. The van der Waals surface area contributed by atoms with E-state index < -0.39 is 5.97 Å². The molecule has 1 aromatic rings. The van der Waals surface area contributed by atoms with Gasteiger partial charge in [-0.05, 0) is 33.3 Å². The first-order chi connectivity index (χ1) is 7.52. The number of aryl methyl sites for hydroxylation is 2. The van der Waals surface area contributed by atoms with E-state index in [2.05, 4.69) is 4.98 Å². The number of ether oxygens (including phenoxy) is 1. The van der Waals surface area contributed by atoms with Gasteiger partial charge in [0.1, 0.15) is 0 Å². The highest BCUT2D eigenvalue weighted by Gasteiger charge is 2.18. The van der Waals surface area contributed by atoms with Gasteiger partial charge in [-0.15, -0.1) is 0 Å². The molecule has 0 saturated carbocycles. The molecule has 0 radical (unpaired) electrons. The first-order valence-electron chi connectivity index (χ1n) is 5.13. The van der Waals surface area contributed by atoms with Crippen LogP contribution in [0.5, 0.6) is 0 Å². The second-order valence-electron chi connectivity index (χ2n) is 3.53. The van der Waals surface area contributed by atoms with Crippen molar-refractivity contribution >= 4 is 12.3 Å². The van der Waals surface area contributed by atoms with Crippen molar-refractivity contribution in [1.29, 1.82) is 0 Å². The molecule has 0 fully saturated rings. The predicted octanol–water partition coefficient (Wildman–Crippen LogP) is 2.00. The van der Waals surface area contributed by atoms with Gasteiger partial charge in [0.15, 0.2) is 6.29 Å². The second-order valence-corrected chi connectivity index (χ2v) is 3.53. The fraction of sp³-hybridized carbons (Fsp3) is 0.417. The summed E-state index contributed by atoms with van der Waals surface area (Å²) in [7, 11) is 0. The summed E-state index contributed by atoms with van der Waals surface area (Å²) in [6, 6.07) is 0. The standard InChI is InChI=1S/C12H15NO3/c1-5-16-12(15)11-7(2)10(6-14)8(3)13-9(11)4/h6H,5H2,1-4H3. The third-order valence-electron chi connectivity index (χ3n) is 2.46. The van der Waals surface area contributed by atoms with Gasteiger partial charge in [-0.2, -0.15) is 0 Å². The number of hydrogen-bond acceptors (Lipinski definition) is 4. The van der Waals surface area contributed by atoms with Crippen LogP contribution in [-0.2, 0) is 4.74 Å². The van der Waals surface area contributed by atoms with E-state index in [1.165, 1.54) is 0 Å². The smallest absolute Gasteiger partial charge is 0.340 e. The van der Waals surface area contributed by atoms with Gasteiger partial charge in [0.2, 0.25) is 0 Å². The fourth-order valence-corrected chi connectivity index (χ4v) is 1.72. The van der Waals surface area contributed by atoms with E-state index in [1.54, 1.807) is 27.7 Å². The van der Waals surface area contributed by atoms with Gasteiger partial charge in [0.25, 0.3) is 0 Å². The molecule has 0 N–H and O–H groups in total. The molecule has 16 heavy (non-hydrogen) atoms. The van der Waals surface area contributed by atoms with Gasteiger partial charge < -0.3 is 4.74 Å². The molecule has 1 aromatic heterocycles. The zero-order valence-electron chi connectivity index (χ0n) is 9.96. The molecule has 0 aromatic carbocycles. The first kappa shape index (κ1) is 12.4. The lowest BCUT2D eigenvalue weighted by atomic mass is 10.0. The van der Waals surface area contributed by atoms with Crippen LogP contribution in [0.25, 0.3) is 0 Å². The zero-order valence-corrected chi connectivity index (χ0v) is 9.96. The van der Waals surface area contributed by atoms with Crippen molar-refractivity contribution in [3.63, 3.8) is 0 Å². The van der Waals surface area contributed by atoms with Crippen LogP contribution in [0.2, 0.25) is 0 Å². The van der Waals surface area contributed by atoms with Crippen LogP contribution in [0.4, 0.5) is 0 Å². The van der Waals surface area contributed by atoms with Crippen LogP contribution in [0.3, 0.4) is 0 Å². The molecular weight excluding hydrogens is 206 g/mol. The number of pyridine rings is 1. The topological polar surface area (TPSA) is 56.3 Å². The monoisotopic (exact) mass is 221 g/mol. The lowest BCUT2D eigenvalue weighted by Crippen LogP contribution is -2.13. The van der Waals surface area contributed by atoms with Crippen molar-refractivity contribution in [2.24, 2.45) is 0 Å². The van der Waals surface area contributed by atoms with Crippen LogP contribution >= 0.6 is 0 Å². The van der Waals surface area contributed by atoms with Gasteiger partial charge in [0, 0.05) is 11.3 Å². The fourth-order valence-electron chi connectivity index (χ4n) is 1.72. The van der Waals surface area contributed by atoms with E-state index in [0.717, 1.165) is 6.29 Å². The minimum absolute atomic E-state index is 0.308. The molecule has 0 amide bonds. The van der Waals surface area contributed by atoms with Crippen molar-refractivity contribution in [3.05, 3.63) is 28.1 Å². The Labute approximate surface area is 94.6 Å². The van der Waals surface area contributed by atoms with Crippen LogP contribution in [0, 0.1) is 20.8 Å². The largest absolute Gasteiger partial charge is 0.462 e. The maximum Gasteiger partial charge on any atom is 0.340 e. The van der Waals surface area contributed by atoms with Gasteiger partial charge in [0.05, 0.1) is 17.9 Å². The Morgan fingerprint density at radius 1 is 1.31 bits per heavy atom. The van der Waals surface area contributed by atoms with Crippen molar-refractivity contribution < 1.29 is 14.3 Å². The number of hydrogen-bond donors (Lipinski definition) is 0. The lowest BCUT2D eigenvalue weighted by Gasteiger charge is -2.11. The van der Waals surface area contributed by atoms with Crippen LogP contribution in [0.15, 0.2) is 0 Å². The van der Waals surface area contributed by atoms with Crippen molar-refractivity contribution in [2.45, 2.75) is 27.7 Å². The van der Waals surface area contributed by atoms with Crippen LogP contribution in [-0.4, -0.2) is 23.8 Å². The van der Waals surface area contributed by atoms with Gasteiger partial charge in [-0.1, -0.05) is 0 Å². The molecule has 0 bridgehead atoms. The maximum atomic E-state index is 11.7. The van der Waals surface area contributed by atoms with Crippen molar-refractivity contribution in [2.75, 3.05) is 6.61 Å². The van der Waals surface area contributed by atoms with Gasteiger partial charge in [-0.25, -0.2) is 4.79 Å². The normalized spacial score (nSPS) is 10.0. The third kappa shape index (κ3) is 2.10. The molecule has 4 heteroatoms. The molecule has 1 heterocycles. The Morgan fingerprint density at radius 2 is 1.94 bits per heavy atom. The molecule has 0 saturated heterocycles. The number of carbonyl (C=O) groups excluding carboxylic acids is 2. The predicted molar refractivity (Wildman–Crippen MR) is 59.8 cm³/mol. The number of esters is 1. The van der Waals surface area contributed by atoms with Gasteiger partial charge >= 0.3 is 5.97 Å². The van der Waals surface area contributed by atoms with Crippen molar-refractivity contribution in [1.82, 2.24) is 4.98 Å². The number of carbonyl (C=O) groups is 2. The molecule has 86 valence electrons. The van der Waals surface area contributed by atoms with E-state index >= 15 is 0 Å². The second kappa shape index (κ2) is 4.88. The SMILES string of the molecule is CCOC(=O)c1c(C)nc(C)c(C=O)c1C. The van der Waals surface area contributed by atoms with Crippen molar-refractivity contribution in [3.8, 4) is 0 Å². The van der Waals surface area contributed by atoms with E-state index in [0.29, 0.717) is 34.7 Å². The van der Waals surface area contributed by atoms with Gasteiger partial charge in [-0.3, -0.25) is 9.78 Å². The quantitative estimate of drug-likeness (QED) is 0.578. The molecule has 0 atom stereocenters. The minimum atomic E-state index is -0.423. The average molecular weight is 221 g/mol. The summed E-state index contributed by atoms with van der Waals surface area (Å²) in [5.41, 5.74) is 2.73. The lowest BCUT2D eigenvalue weighted by molar-refractivity contribution is 0.0524. The highest BCUT2D eigenvalue weighted by molar-refractivity contribution is 5.95. The summed E-state index contributed by atoms with van der Waals surface area (Å²) in [4.78, 5) is 26.8. The number of nitrogens with zero attached hydrogens (tertiary/aromatic N) is 1. The molecule has 0 unspecified atom stereocenters. The number of rotatable bonds is 3. The Hall–Kier alpha value is -1.71. The number of aromatic nitrogens is 1. The first-order valence-corrected chi connectivity index (χ1v) is 5.13. The Bertz CT molecular complexity index is 438. The average Bonchev–Trinajstić information content (AvgIpc) is 2.17.